The number of halogens is 3. The first kappa shape index (κ1) is 16.8. The smallest absolute Gasteiger partial charge is 0.0624 e. The fraction of sp³-hybridized carbons (Fsp3) is 0.294. The molecule has 112 valence electrons. The molecule has 21 heavy (non-hydrogen) atoms. The van der Waals surface area contributed by atoms with Crippen LogP contribution in [0.25, 0.3) is 0 Å². The first-order valence-electron chi connectivity index (χ1n) is 7.03. The maximum absolute atomic E-state index is 6.32. The highest BCUT2D eigenvalue weighted by Crippen LogP contribution is 2.29. The van der Waals surface area contributed by atoms with Crippen molar-refractivity contribution in [2.45, 2.75) is 25.8 Å². The predicted molar refractivity (Wildman–Crippen MR) is 95.3 cm³/mol. The number of rotatable bonds is 6. The Morgan fingerprint density at radius 3 is 2.48 bits per heavy atom. The van der Waals surface area contributed by atoms with E-state index in [1.54, 1.807) is 0 Å². The van der Waals surface area contributed by atoms with E-state index in [0.717, 1.165) is 29.4 Å². The van der Waals surface area contributed by atoms with Crippen molar-refractivity contribution in [3.8, 4) is 0 Å². The third-order valence-electron chi connectivity index (χ3n) is 3.37. The van der Waals surface area contributed by atoms with E-state index in [-0.39, 0.29) is 6.04 Å². The van der Waals surface area contributed by atoms with Crippen LogP contribution in [0.3, 0.4) is 0 Å². The molecule has 0 bridgehead atoms. The maximum atomic E-state index is 6.32. The summed E-state index contributed by atoms with van der Waals surface area (Å²) in [5, 5.41) is 4.85. The van der Waals surface area contributed by atoms with E-state index in [2.05, 4.69) is 52.4 Å². The standard InChI is InChI=1S/C17H18BrCl2N/c1-2-10-21-16(12-6-8-14(18)9-7-12)11-13-4-3-5-15(19)17(13)20/h3-9,16,21H,2,10-11H2,1H3. The van der Waals surface area contributed by atoms with E-state index in [4.69, 9.17) is 23.2 Å². The molecule has 1 N–H and O–H groups in total. The molecule has 0 aromatic heterocycles. The Morgan fingerprint density at radius 1 is 1.10 bits per heavy atom. The van der Waals surface area contributed by atoms with E-state index < -0.39 is 0 Å². The molecule has 0 aliphatic rings. The van der Waals surface area contributed by atoms with Crippen LogP contribution >= 0.6 is 39.1 Å². The van der Waals surface area contributed by atoms with Crippen molar-refractivity contribution >= 4 is 39.1 Å². The van der Waals surface area contributed by atoms with Gasteiger partial charge in [0, 0.05) is 10.5 Å². The summed E-state index contributed by atoms with van der Waals surface area (Å²) in [7, 11) is 0. The van der Waals surface area contributed by atoms with Crippen molar-refractivity contribution in [3.05, 3.63) is 68.1 Å². The lowest BCUT2D eigenvalue weighted by Crippen LogP contribution is -2.24. The SMILES string of the molecule is CCCNC(Cc1cccc(Cl)c1Cl)c1ccc(Br)cc1. The van der Waals surface area contributed by atoms with Gasteiger partial charge in [-0.15, -0.1) is 0 Å². The lowest BCUT2D eigenvalue weighted by atomic mass is 9.98. The van der Waals surface area contributed by atoms with Gasteiger partial charge in [-0.05, 0) is 48.7 Å². The lowest BCUT2D eigenvalue weighted by Gasteiger charge is -2.20. The second-order valence-electron chi connectivity index (χ2n) is 4.98. The van der Waals surface area contributed by atoms with Gasteiger partial charge in [0.25, 0.3) is 0 Å². The maximum Gasteiger partial charge on any atom is 0.0624 e. The topological polar surface area (TPSA) is 12.0 Å². The zero-order valence-electron chi connectivity index (χ0n) is 11.9. The van der Waals surface area contributed by atoms with Gasteiger partial charge in [0.05, 0.1) is 10.0 Å². The predicted octanol–water partition coefficient (Wildman–Crippen LogP) is 6.04. The Hall–Kier alpha value is -0.540. The van der Waals surface area contributed by atoms with Gasteiger partial charge in [0.15, 0.2) is 0 Å². The van der Waals surface area contributed by atoms with Gasteiger partial charge in [-0.3, -0.25) is 0 Å². The molecule has 0 aliphatic carbocycles. The molecule has 2 aromatic carbocycles. The van der Waals surface area contributed by atoms with E-state index in [1.165, 1.54) is 5.56 Å². The fourth-order valence-corrected chi connectivity index (χ4v) is 2.91. The fourth-order valence-electron chi connectivity index (χ4n) is 2.25. The Kier molecular flexibility index (Phi) is 6.56. The van der Waals surface area contributed by atoms with Gasteiger partial charge in [-0.1, -0.05) is 70.3 Å². The summed E-state index contributed by atoms with van der Waals surface area (Å²) in [6.07, 6.45) is 1.91. The minimum atomic E-state index is 0.231. The van der Waals surface area contributed by atoms with Crippen LogP contribution in [-0.2, 0) is 6.42 Å². The molecule has 1 unspecified atom stereocenters. The number of hydrogen-bond donors (Lipinski definition) is 1. The minimum absolute atomic E-state index is 0.231. The quantitative estimate of drug-likeness (QED) is 0.638. The van der Waals surface area contributed by atoms with E-state index in [9.17, 15) is 0 Å². The highest BCUT2D eigenvalue weighted by molar-refractivity contribution is 9.10. The Balaban J connectivity index is 2.23. The molecule has 0 heterocycles. The zero-order chi connectivity index (χ0) is 15.2. The van der Waals surface area contributed by atoms with Gasteiger partial charge in [0.1, 0.15) is 0 Å². The van der Waals surface area contributed by atoms with Gasteiger partial charge in [-0.25, -0.2) is 0 Å². The van der Waals surface area contributed by atoms with Crippen LogP contribution in [0.4, 0.5) is 0 Å². The second kappa shape index (κ2) is 8.19. The summed E-state index contributed by atoms with van der Waals surface area (Å²) in [6, 6.07) is 14.4. The third-order valence-corrected chi connectivity index (χ3v) is 4.76. The molecular formula is C17H18BrCl2N. The highest BCUT2D eigenvalue weighted by Gasteiger charge is 2.14. The van der Waals surface area contributed by atoms with Crippen LogP contribution in [0.5, 0.6) is 0 Å². The van der Waals surface area contributed by atoms with Crippen molar-refractivity contribution < 1.29 is 0 Å². The number of hydrogen-bond acceptors (Lipinski definition) is 1. The van der Waals surface area contributed by atoms with Gasteiger partial charge < -0.3 is 5.32 Å². The molecule has 0 saturated heterocycles. The molecule has 1 atom stereocenters. The summed E-state index contributed by atoms with van der Waals surface area (Å²) in [4.78, 5) is 0. The van der Waals surface area contributed by atoms with Crippen LogP contribution in [0.15, 0.2) is 46.9 Å². The van der Waals surface area contributed by atoms with E-state index in [0.29, 0.717) is 10.0 Å². The number of nitrogens with one attached hydrogen (secondary N) is 1. The zero-order valence-corrected chi connectivity index (χ0v) is 15.0. The first-order valence-corrected chi connectivity index (χ1v) is 8.58. The summed E-state index contributed by atoms with van der Waals surface area (Å²) in [6.45, 7) is 3.14. The molecule has 0 amide bonds. The van der Waals surface area contributed by atoms with Crippen molar-refractivity contribution in [1.29, 1.82) is 0 Å². The van der Waals surface area contributed by atoms with Crippen LogP contribution in [-0.4, -0.2) is 6.54 Å². The molecule has 4 heteroatoms. The monoisotopic (exact) mass is 385 g/mol. The molecule has 1 nitrogen and oxygen atoms in total. The molecule has 2 rings (SSSR count). The average molecular weight is 387 g/mol. The molecule has 0 aliphatic heterocycles. The molecule has 0 fully saturated rings. The van der Waals surface area contributed by atoms with Gasteiger partial charge in [-0.2, -0.15) is 0 Å². The van der Waals surface area contributed by atoms with Crippen molar-refractivity contribution in [1.82, 2.24) is 5.32 Å². The van der Waals surface area contributed by atoms with Crippen LogP contribution in [0, 0.1) is 0 Å². The summed E-state index contributed by atoms with van der Waals surface area (Å²) >= 11 is 15.9. The van der Waals surface area contributed by atoms with Crippen LogP contribution in [0.2, 0.25) is 10.0 Å². The first-order chi connectivity index (χ1) is 10.1. The summed E-state index contributed by atoms with van der Waals surface area (Å²) in [5.41, 5.74) is 2.32. The number of benzene rings is 2. The van der Waals surface area contributed by atoms with Crippen LogP contribution in [0.1, 0.15) is 30.5 Å². The summed E-state index contributed by atoms with van der Waals surface area (Å²) < 4.78 is 1.08. The molecule has 0 radical (unpaired) electrons. The van der Waals surface area contributed by atoms with Gasteiger partial charge in [0.2, 0.25) is 0 Å². The van der Waals surface area contributed by atoms with E-state index in [1.807, 2.05) is 18.2 Å². The second-order valence-corrected chi connectivity index (χ2v) is 6.68. The van der Waals surface area contributed by atoms with Gasteiger partial charge >= 0.3 is 0 Å². The van der Waals surface area contributed by atoms with Crippen molar-refractivity contribution in [3.63, 3.8) is 0 Å². The van der Waals surface area contributed by atoms with Crippen molar-refractivity contribution in [2.24, 2.45) is 0 Å². The Morgan fingerprint density at radius 2 is 1.81 bits per heavy atom. The lowest BCUT2D eigenvalue weighted by molar-refractivity contribution is 0.529. The molecule has 0 saturated carbocycles. The minimum Gasteiger partial charge on any atom is -0.310 e. The molecule has 2 aromatic rings. The van der Waals surface area contributed by atoms with E-state index >= 15 is 0 Å². The largest absolute Gasteiger partial charge is 0.310 e. The normalized spacial score (nSPS) is 12.4. The Labute approximate surface area is 144 Å². The van der Waals surface area contributed by atoms with Crippen molar-refractivity contribution in [2.75, 3.05) is 6.54 Å². The average Bonchev–Trinajstić information content (AvgIpc) is 2.49. The summed E-state index contributed by atoms with van der Waals surface area (Å²) in [5.74, 6) is 0. The molecule has 0 spiro atoms. The molecular weight excluding hydrogens is 369 g/mol. The van der Waals surface area contributed by atoms with Crippen LogP contribution < -0.4 is 5.32 Å². The highest BCUT2D eigenvalue weighted by atomic mass is 79.9. The third kappa shape index (κ3) is 4.72. The Bertz CT molecular complexity index is 584.